The molecular formula is C33H42N2O4. The zero-order valence-electron chi connectivity index (χ0n) is 24.0. The standard InChI is InChI=1S/C33H42N2O4/c1-7-24(10-16-32(36)26-12-11-25-13-14-28(39-6)20-27(25)19-26)21-35(4)22-31-23(3)9-15-30(29(31)8-2)33(37)34-17-18-38-5/h9,11-15,19-20,22,24H,3,7-8,10,16-18,21H2,1-2,4-6H3,(H,34,37)/b31-22+. The van der Waals surface area contributed by atoms with Gasteiger partial charge in [-0.05, 0) is 64.6 Å². The summed E-state index contributed by atoms with van der Waals surface area (Å²) >= 11 is 0. The molecule has 0 saturated heterocycles. The molecular weight excluding hydrogens is 488 g/mol. The third-order valence-electron chi connectivity index (χ3n) is 7.26. The molecule has 0 aliphatic rings. The van der Waals surface area contributed by atoms with Crippen molar-refractivity contribution in [2.45, 2.75) is 39.5 Å². The Labute approximate surface area is 232 Å². The second-order valence-electron chi connectivity index (χ2n) is 10.00. The van der Waals surface area contributed by atoms with Gasteiger partial charge < -0.3 is 19.7 Å². The number of amides is 1. The zero-order chi connectivity index (χ0) is 28.4. The predicted octanol–water partition coefficient (Wildman–Crippen LogP) is 4.56. The van der Waals surface area contributed by atoms with E-state index >= 15 is 0 Å². The Morgan fingerprint density at radius 3 is 2.51 bits per heavy atom. The average molecular weight is 531 g/mol. The van der Waals surface area contributed by atoms with Crippen LogP contribution < -0.4 is 20.5 Å². The summed E-state index contributed by atoms with van der Waals surface area (Å²) in [7, 11) is 5.31. The van der Waals surface area contributed by atoms with Gasteiger partial charge in [0, 0.05) is 56.2 Å². The van der Waals surface area contributed by atoms with Crippen LogP contribution in [-0.4, -0.2) is 57.6 Å². The van der Waals surface area contributed by atoms with E-state index in [0.717, 1.165) is 63.9 Å². The molecule has 39 heavy (non-hydrogen) atoms. The number of ether oxygens (including phenoxy) is 2. The third-order valence-corrected chi connectivity index (χ3v) is 7.26. The minimum Gasteiger partial charge on any atom is -0.497 e. The minimum absolute atomic E-state index is 0.0988. The molecule has 3 rings (SSSR count). The molecule has 6 heteroatoms. The lowest BCUT2D eigenvalue weighted by atomic mass is 9.95. The molecule has 1 amide bonds. The van der Waals surface area contributed by atoms with Gasteiger partial charge in [-0.25, -0.2) is 0 Å². The van der Waals surface area contributed by atoms with Crippen LogP contribution in [0.5, 0.6) is 5.75 Å². The van der Waals surface area contributed by atoms with E-state index in [1.807, 2.05) is 55.6 Å². The van der Waals surface area contributed by atoms with Gasteiger partial charge >= 0.3 is 0 Å². The normalized spacial score (nSPS) is 12.4. The highest BCUT2D eigenvalue weighted by Crippen LogP contribution is 2.23. The number of rotatable bonds is 14. The fourth-order valence-electron chi connectivity index (χ4n) is 4.94. The Morgan fingerprint density at radius 2 is 1.82 bits per heavy atom. The number of hydrogen-bond donors (Lipinski definition) is 1. The number of nitrogens with zero attached hydrogens (tertiary/aromatic N) is 1. The lowest BCUT2D eigenvalue weighted by molar-refractivity contribution is 0.0934. The van der Waals surface area contributed by atoms with Crippen LogP contribution in [0.15, 0.2) is 48.5 Å². The second kappa shape index (κ2) is 14.5. The van der Waals surface area contributed by atoms with E-state index in [0.29, 0.717) is 31.1 Å². The Balaban J connectivity index is 1.70. The number of Topliss-reactive ketones (excluding diaryl/α,β-unsaturated/α-hetero) is 1. The van der Waals surface area contributed by atoms with Crippen LogP contribution in [-0.2, 0) is 11.2 Å². The highest BCUT2D eigenvalue weighted by molar-refractivity contribution is 6.00. The van der Waals surface area contributed by atoms with Gasteiger partial charge in [-0.1, -0.05) is 51.1 Å². The van der Waals surface area contributed by atoms with Crippen molar-refractivity contribution >= 4 is 35.2 Å². The van der Waals surface area contributed by atoms with Crippen molar-refractivity contribution < 1.29 is 19.1 Å². The molecule has 3 aromatic carbocycles. The molecule has 0 heterocycles. The summed E-state index contributed by atoms with van der Waals surface area (Å²) in [5, 5.41) is 6.89. The van der Waals surface area contributed by atoms with Gasteiger partial charge in [0.25, 0.3) is 5.91 Å². The maximum atomic E-state index is 13.1. The highest BCUT2D eigenvalue weighted by Gasteiger charge is 2.15. The Hall–Kier alpha value is -3.64. The molecule has 3 aromatic rings. The smallest absolute Gasteiger partial charge is 0.251 e. The molecule has 0 aliphatic carbocycles. The van der Waals surface area contributed by atoms with Crippen molar-refractivity contribution in [1.29, 1.82) is 0 Å². The second-order valence-corrected chi connectivity index (χ2v) is 10.00. The SMILES string of the molecule is C=c1ccc(C(=O)NCCOC)c(CC)/c1=C/N(C)CC(CC)CCC(=O)c1ccc2ccc(OC)cc2c1. The van der Waals surface area contributed by atoms with Gasteiger partial charge in [-0.3, -0.25) is 9.59 Å². The molecule has 1 unspecified atom stereocenters. The van der Waals surface area contributed by atoms with Crippen molar-refractivity contribution in [3.8, 4) is 5.75 Å². The van der Waals surface area contributed by atoms with E-state index in [9.17, 15) is 9.59 Å². The first-order valence-electron chi connectivity index (χ1n) is 13.7. The minimum atomic E-state index is -0.0988. The number of carbonyl (C=O) groups is 2. The van der Waals surface area contributed by atoms with Crippen LogP contribution in [0.25, 0.3) is 23.6 Å². The third kappa shape index (κ3) is 7.93. The van der Waals surface area contributed by atoms with Crippen LogP contribution >= 0.6 is 0 Å². The first kappa shape index (κ1) is 29.9. The molecule has 1 N–H and O–H groups in total. The van der Waals surface area contributed by atoms with Crippen LogP contribution in [0.1, 0.15) is 59.4 Å². The number of methoxy groups -OCH3 is 2. The van der Waals surface area contributed by atoms with E-state index in [1.165, 1.54) is 0 Å². The largest absolute Gasteiger partial charge is 0.497 e. The maximum Gasteiger partial charge on any atom is 0.251 e. The van der Waals surface area contributed by atoms with Gasteiger partial charge in [0.05, 0.1) is 13.7 Å². The Morgan fingerprint density at radius 1 is 1.05 bits per heavy atom. The molecule has 0 radical (unpaired) electrons. The van der Waals surface area contributed by atoms with E-state index in [1.54, 1.807) is 14.2 Å². The van der Waals surface area contributed by atoms with Crippen molar-refractivity contribution in [3.05, 3.63) is 75.7 Å². The summed E-state index contributed by atoms with van der Waals surface area (Å²) in [6, 6.07) is 15.5. The van der Waals surface area contributed by atoms with Gasteiger partial charge in [0.2, 0.25) is 0 Å². The van der Waals surface area contributed by atoms with Crippen LogP contribution in [0.2, 0.25) is 0 Å². The number of fused-ring (bicyclic) bond motifs is 1. The van der Waals surface area contributed by atoms with Crippen molar-refractivity contribution in [1.82, 2.24) is 10.2 Å². The monoisotopic (exact) mass is 530 g/mol. The summed E-state index contributed by atoms with van der Waals surface area (Å²) < 4.78 is 10.4. The fourth-order valence-corrected chi connectivity index (χ4v) is 4.94. The quantitative estimate of drug-likeness (QED) is 0.245. The summed E-state index contributed by atoms with van der Waals surface area (Å²) in [6.07, 6.45) is 5.09. The van der Waals surface area contributed by atoms with Crippen molar-refractivity contribution in [3.63, 3.8) is 0 Å². The Bertz CT molecular complexity index is 1400. The first-order valence-corrected chi connectivity index (χ1v) is 13.7. The number of benzene rings is 3. The molecule has 1 atom stereocenters. The molecule has 0 fully saturated rings. The molecule has 0 aliphatic heterocycles. The lowest BCUT2D eigenvalue weighted by Crippen LogP contribution is -2.36. The predicted molar refractivity (Wildman–Crippen MR) is 160 cm³/mol. The number of carbonyl (C=O) groups excluding carboxylic acids is 2. The Kier molecular flexibility index (Phi) is 11.1. The van der Waals surface area contributed by atoms with E-state index in [-0.39, 0.29) is 11.7 Å². The summed E-state index contributed by atoms with van der Waals surface area (Å²) in [5.41, 5.74) is 2.40. The summed E-state index contributed by atoms with van der Waals surface area (Å²) in [5.74, 6) is 1.20. The van der Waals surface area contributed by atoms with Gasteiger partial charge in [-0.15, -0.1) is 0 Å². The van der Waals surface area contributed by atoms with Gasteiger partial charge in [0.15, 0.2) is 5.78 Å². The molecule has 0 spiro atoms. The van der Waals surface area contributed by atoms with Crippen LogP contribution in [0.3, 0.4) is 0 Å². The van der Waals surface area contributed by atoms with Gasteiger partial charge in [-0.2, -0.15) is 0 Å². The highest BCUT2D eigenvalue weighted by atomic mass is 16.5. The summed E-state index contributed by atoms with van der Waals surface area (Å²) in [4.78, 5) is 28.0. The fraction of sp³-hybridized carbons (Fsp3) is 0.394. The lowest BCUT2D eigenvalue weighted by Gasteiger charge is -2.22. The van der Waals surface area contributed by atoms with E-state index in [2.05, 4.69) is 36.8 Å². The topological polar surface area (TPSA) is 67.9 Å². The first-order chi connectivity index (χ1) is 18.8. The molecule has 0 saturated carbocycles. The number of hydrogen-bond acceptors (Lipinski definition) is 5. The van der Waals surface area contributed by atoms with Crippen molar-refractivity contribution in [2.24, 2.45) is 5.92 Å². The molecule has 208 valence electrons. The van der Waals surface area contributed by atoms with Crippen LogP contribution in [0, 0.1) is 5.92 Å². The van der Waals surface area contributed by atoms with E-state index < -0.39 is 0 Å². The average Bonchev–Trinajstić information content (AvgIpc) is 2.95. The molecule has 0 bridgehead atoms. The van der Waals surface area contributed by atoms with Crippen LogP contribution in [0.4, 0.5) is 0 Å². The summed E-state index contributed by atoms with van der Waals surface area (Å²) in [6.45, 7) is 10.2. The van der Waals surface area contributed by atoms with Crippen molar-refractivity contribution in [2.75, 3.05) is 41.0 Å². The zero-order valence-corrected chi connectivity index (χ0v) is 24.0. The van der Waals surface area contributed by atoms with E-state index in [4.69, 9.17) is 9.47 Å². The van der Waals surface area contributed by atoms with Gasteiger partial charge in [0.1, 0.15) is 5.75 Å². The molecule has 0 aromatic heterocycles. The number of nitrogens with one attached hydrogen (secondary N) is 1. The maximum absolute atomic E-state index is 13.1. The molecule has 6 nitrogen and oxygen atoms in total. The number of ketones is 1.